The molecule has 0 spiro atoms. The van der Waals surface area contributed by atoms with Gasteiger partial charge in [-0.25, -0.2) is 0 Å². The molecule has 128 valence electrons. The minimum Gasteiger partial charge on any atom is -0.506 e. The molecular formula is C16H14N4O5. The molecule has 1 aromatic rings. The average Bonchev–Trinajstić information content (AvgIpc) is 2.56. The van der Waals surface area contributed by atoms with Crippen LogP contribution in [0.25, 0.3) is 0 Å². The maximum absolute atomic E-state index is 12.8. The van der Waals surface area contributed by atoms with Crippen LogP contribution < -0.4 is 5.32 Å². The molecule has 0 bridgehead atoms. The molecule has 0 aliphatic carbocycles. The van der Waals surface area contributed by atoms with E-state index in [9.17, 15) is 24.8 Å². The quantitative estimate of drug-likeness (QED) is 0.489. The Morgan fingerprint density at radius 1 is 1.44 bits per heavy atom. The lowest BCUT2D eigenvalue weighted by molar-refractivity contribution is -0.384. The number of allylic oxidation sites excluding steroid dienone is 2. The number of fused-ring (bicyclic) bond motifs is 1. The predicted octanol–water partition coefficient (Wildman–Crippen LogP) is 1.71. The van der Waals surface area contributed by atoms with Crippen molar-refractivity contribution < 1.29 is 19.6 Å². The Kier molecular flexibility index (Phi) is 3.84. The number of hydrogen-bond donors (Lipinski definition) is 2. The summed E-state index contributed by atoms with van der Waals surface area (Å²) in [5.41, 5.74) is -1.67. The molecule has 25 heavy (non-hydrogen) atoms. The second kappa shape index (κ2) is 5.86. The maximum atomic E-state index is 12.8. The van der Waals surface area contributed by atoms with Crippen LogP contribution in [0, 0.1) is 10.1 Å². The van der Waals surface area contributed by atoms with Crippen molar-refractivity contribution in [1.29, 1.82) is 0 Å². The molecule has 3 rings (SSSR count). The van der Waals surface area contributed by atoms with E-state index in [1.807, 2.05) is 0 Å². The molecule has 0 radical (unpaired) electrons. The highest BCUT2D eigenvalue weighted by Crippen LogP contribution is 2.32. The van der Waals surface area contributed by atoms with Gasteiger partial charge in [0, 0.05) is 18.3 Å². The van der Waals surface area contributed by atoms with E-state index in [4.69, 9.17) is 0 Å². The first-order valence-corrected chi connectivity index (χ1v) is 7.36. The SMILES string of the molecule is CC1(C(=O)Nc2cc([N+](=O)[O-])ccc2O)CC(=O)N=C2C=CC=CN21. The normalized spacial score (nSPS) is 21.6. The number of phenols is 1. The van der Waals surface area contributed by atoms with E-state index in [-0.39, 0.29) is 23.5 Å². The van der Waals surface area contributed by atoms with Crippen LogP contribution in [0.15, 0.2) is 47.6 Å². The summed E-state index contributed by atoms with van der Waals surface area (Å²) in [5.74, 6) is -1.02. The number of phenolic OH excluding ortho intramolecular Hbond substituents is 1. The summed E-state index contributed by atoms with van der Waals surface area (Å²) >= 11 is 0. The Hall–Kier alpha value is -3.49. The lowest BCUT2D eigenvalue weighted by Crippen LogP contribution is -2.58. The highest BCUT2D eigenvalue weighted by molar-refractivity contribution is 6.12. The van der Waals surface area contributed by atoms with Gasteiger partial charge in [0.15, 0.2) is 0 Å². The number of amidine groups is 1. The number of benzene rings is 1. The highest BCUT2D eigenvalue weighted by Gasteiger charge is 2.45. The molecule has 2 amide bonds. The van der Waals surface area contributed by atoms with E-state index in [0.29, 0.717) is 5.84 Å². The van der Waals surface area contributed by atoms with E-state index >= 15 is 0 Å². The summed E-state index contributed by atoms with van der Waals surface area (Å²) in [4.78, 5) is 40.4. The number of anilines is 1. The van der Waals surface area contributed by atoms with E-state index < -0.39 is 22.3 Å². The lowest BCUT2D eigenvalue weighted by atomic mass is 9.91. The monoisotopic (exact) mass is 342 g/mol. The number of nitro benzene ring substituents is 1. The van der Waals surface area contributed by atoms with Gasteiger partial charge in [-0.2, -0.15) is 4.99 Å². The second-order valence-corrected chi connectivity index (χ2v) is 5.80. The maximum Gasteiger partial charge on any atom is 0.271 e. The van der Waals surface area contributed by atoms with Gasteiger partial charge in [-0.15, -0.1) is 0 Å². The summed E-state index contributed by atoms with van der Waals surface area (Å²) < 4.78 is 0. The average molecular weight is 342 g/mol. The second-order valence-electron chi connectivity index (χ2n) is 5.80. The number of rotatable bonds is 3. The van der Waals surface area contributed by atoms with Crippen LogP contribution in [-0.4, -0.2) is 38.1 Å². The van der Waals surface area contributed by atoms with Crippen molar-refractivity contribution in [2.24, 2.45) is 4.99 Å². The van der Waals surface area contributed by atoms with Gasteiger partial charge in [-0.3, -0.25) is 19.7 Å². The molecule has 1 aromatic carbocycles. The van der Waals surface area contributed by atoms with Crippen LogP contribution in [-0.2, 0) is 9.59 Å². The zero-order valence-corrected chi connectivity index (χ0v) is 13.2. The van der Waals surface area contributed by atoms with Gasteiger partial charge < -0.3 is 15.3 Å². The molecule has 9 heteroatoms. The molecule has 2 aliphatic rings. The van der Waals surface area contributed by atoms with Crippen molar-refractivity contribution in [2.75, 3.05) is 5.32 Å². The van der Waals surface area contributed by atoms with Crippen molar-refractivity contribution in [2.45, 2.75) is 18.9 Å². The standard InChI is InChI=1S/C16H14N4O5/c1-16(9-14(22)18-13-4-2-3-7-19(13)16)15(23)17-11-8-10(20(24)25)5-6-12(11)21/h2-8,21H,9H2,1H3,(H,17,23). The molecule has 0 aromatic heterocycles. The highest BCUT2D eigenvalue weighted by atomic mass is 16.6. The molecule has 2 heterocycles. The molecule has 9 nitrogen and oxygen atoms in total. The number of carbonyl (C=O) groups is 2. The van der Waals surface area contributed by atoms with Crippen LogP contribution in [0.3, 0.4) is 0 Å². The smallest absolute Gasteiger partial charge is 0.271 e. The van der Waals surface area contributed by atoms with Gasteiger partial charge in [0.1, 0.15) is 17.1 Å². The molecular weight excluding hydrogens is 328 g/mol. The van der Waals surface area contributed by atoms with Crippen molar-refractivity contribution in [3.8, 4) is 5.75 Å². The Morgan fingerprint density at radius 3 is 2.92 bits per heavy atom. The van der Waals surface area contributed by atoms with Crippen molar-refractivity contribution in [1.82, 2.24) is 4.90 Å². The summed E-state index contributed by atoms with van der Waals surface area (Å²) in [6.07, 6.45) is 6.45. The first kappa shape index (κ1) is 16.4. The molecule has 2 aliphatic heterocycles. The molecule has 0 fully saturated rings. The lowest BCUT2D eigenvalue weighted by Gasteiger charge is -2.41. The molecule has 0 saturated carbocycles. The number of amides is 2. The number of aromatic hydroxyl groups is 1. The number of non-ortho nitro benzene ring substituents is 1. The van der Waals surface area contributed by atoms with Crippen LogP contribution in [0.4, 0.5) is 11.4 Å². The van der Waals surface area contributed by atoms with Gasteiger partial charge >= 0.3 is 0 Å². The summed E-state index contributed by atoms with van der Waals surface area (Å²) in [7, 11) is 0. The van der Waals surface area contributed by atoms with E-state index in [1.54, 1.807) is 36.3 Å². The van der Waals surface area contributed by atoms with Gasteiger partial charge in [0.05, 0.1) is 17.0 Å². The fraction of sp³-hybridized carbons (Fsp3) is 0.188. The number of aliphatic imine (C=N–C) groups is 1. The molecule has 1 atom stereocenters. The van der Waals surface area contributed by atoms with E-state index in [1.165, 1.54) is 0 Å². The molecule has 2 N–H and O–H groups in total. The van der Waals surface area contributed by atoms with Crippen molar-refractivity contribution in [3.63, 3.8) is 0 Å². The zero-order chi connectivity index (χ0) is 18.2. The fourth-order valence-electron chi connectivity index (χ4n) is 2.67. The van der Waals surface area contributed by atoms with Crippen LogP contribution >= 0.6 is 0 Å². The number of nitrogens with zero attached hydrogens (tertiary/aromatic N) is 3. The number of hydrogen-bond acceptors (Lipinski definition) is 6. The largest absolute Gasteiger partial charge is 0.506 e. The topological polar surface area (TPSA) is 125 Å². The van der Waals surface area contributed by atoms with Crippen molar-refractivity contribution in [3.05, 3.63) is 52.7 Å². The number of nitrogens with one attached hydrogen (secondary N) is 1. The number of nitro groups is 1. The summed E-state index contributed by atoms with van der Waals surface area (Å²) in [6.45, 7) is 1.56. The van der Waals surface area contributed by atoms with Crippen LogP contribution in [0.2, 0.25) is 0 Å². The third-order valence-electron chi connectivity index (χ3n) is 4.03. The Labute approximate surface area is 142 Å². The minimum atomic E-state index is -1.29. The minimum absolute atomic E-state index is 0.103. The van der Waals surface area contributed by atoms with Crippen LogP contribution in [0.5, 0.6) is 5.75 Å². The number of carbonyl (C=O) groups excluding carboxylic acids is 2. The molecule has 0 saturated heterocycles. The third-order valence-corrected chi connectivity index (χ3v) is 4.03. The zero-order valence-electron chi connectivity index (χ0n) is 13.2. The fourth-order valence-corrected chi connectivity index (χ4v) is 2.67. The van der Waals surface area contributed by atoms with Gasteiger partial charge in [0.25, 0.3) is 17.5 Å². The van der Waals surface area contributed by atoms with Gasteiger partial charge in [0.2, 0.25) is 0 Å². The van der Waals surface area contributed by atoms with Crippen LogP contribution in [0.1, 0.15) is 13.3 Å². The Balaban J connectivity index is 1.93. The molecule has 1 unspecified atom stereocenters. The van der Waals surface area contributed by atoms with Crippen molar-refractivity contribution >= 4 is 29.0 Å². The van der Waals surface area contributed by atoms with Gasteiger partial charge in [-0.1, -0.05) is 6.08 Å². The third kappa shape index (κ3) is 2.87. The van der Waals surface area contributed by atoms with Gasteiger partial charge in [-0.05, 0) is 25.1 Å². The first-order valence-electron chi connectivity index (χ1n) is 7.36. The van der Waals surface area contributed by atoms with E-state index in [0.717, 1.165) is 18.2 Å². The summed E-state index contributed by atoms with van der Waals surface area (Å²) in [6, 6.07) is 3.31. The summed E-state index contributed by atoms with van der Waals surface area (Å²) in [5, 5.41) is 23.2. The predicted molar refractivity (Wildman–Crippen MR) is 89.0 cm³/mol. The first-order chi connectivity index (χ1) is 11.8. The Bertz CT molecular complexity index is 873. The van der Waals surface area contributed by atoms with E-state index in [2.05, 4.69) is 10.3 Å². The Morgan fingerprint density at radius 2 is 2.20 bits per heavy atom.